The van der Waals surface area contributed by atoms with Crippen LogP contribution in [-0.2, 0) is 35.1 Å². The van der Waals surface area contributed by atoms with Crippen LogP contribution in [0.3, 0.4) is 0 Å². The van der Waals surface area contributed by atoms with Gasteiger partial charge in [0, 0.05) is 5.56 Å². The molecule has 0 aromatic heterocycles. The van der Waals surface area contributed by atoms with Crippen LogP contribution < -0.4 is 14.2 Å². The first-order chi connectivity index (χ1) is 14.7. The van der Waals surface area contributed by atoms with Crippen LogP contribution in [0.2, 0.25) is 0 Å². The second-order valence-corrected chi connectivity index (χ2v) is 11.1. The Hall–Kier alpha value is -1.98. The zero-order chi connectivity index (χ0) is 24.4. The van der Waals surface area contributed by atoms with Crippen molar-refractivity contribution < 1.29 is 57.9 Å². The monoisotopic (exact) mass is 519 g/mol. The van der Waals surface area contributed by atoms with Crippen molar-refractivity contribution in [3.8, 4) is 17.2 Å². The molecule has 0 saturated carbocycles. The molecule has 0 amide bonds. The van der Waals surface area contributed by atoms with Gasteiger partial charge in [0.25, 0.3) is 30.4 Å². The molecule has 1 rings (SSSR count). The summed E-state index contributed by atoms with van der Waals surface area (Å²) in [6, 6.07) is 2.40. The number of rotatable bonds is 16. The fraction of sp³-hybridized carbons (Fsp3) is 0.562. The van der Waals surface area contributed by atoms with E-state index in [9.17, 15) is 30.0 Å². The van der Waals surface area contributed by atoms with Gasteiger partial charge in [-0.2, -0.15) is 25.3 Å². The zero-order valence-corrected chi connectivity index (χ0v) is 19.1. The molecule has 0 fully saturated rings. The smallest absolute Gasteiger partial charge is 0.264 e. The molecule has 13 nitrogen and oxygen atoms in total. The van der Waals surface area contributed by atoms with Crippen molar-refractivity contribution in [2.24, 2.45) is 0 Å². The maximum absolute atomic E-state index is 11.1. The number of hydrogen-bond acceptors (Lipinski definition) is 10. The Morgan fingerprint density at radius 2 is 1.00 bits per heavy atom. The second-order valence-electron chi connectivity index (χ2n) is 6.37. The Bertz CT molecular complexity index is 1020. The molecule has 1 aromatic rings. The van der Waals surface area contributed by atoms with Crippen molar-refractivity contribution in [2.75, 3.05) is 37.1 Å². The molecule has 0 aliphatic rings. The maximum Gasteiger partial charge on any atom is 0.264 e. The molecule has 0 aliphatic carbocycles. The first kappa shape index (κ1) is 28.1. The highest BCUT2D eigenvalue weighted by atomic mass is 32.2. The van der Waals surface area contributed by atoms with Crippen molar-refractivity contribution in [1.29, 1.82) is 0 Å². The van der Waals surface area contributed by atoms with E-state index in [-0.39, 0.29) is 61.9 Å². The topological polar surface area (TPSA) is 208 Å². The molecule has 1 radical (unpaired) electrons. The van der Waals surface area contributed by atoms with E-state index in [4.69, 9.17) is 27.9 Å². The Morgan fingerprint density at radius 3 is 1.31 bits per heavy atom. The number of ether oxygens (including phenoxy) is 3. The summed E-state index contributed by atoms with van der Waals surface area (Å²) in [6.45, 7) is -0.663. The van der Waals surface area contributed by atoms with Crippen molar-refractivity contribution in [3.63, 3.8) is 0 Å². The molecular formula is C16H23O13S3. The van der Waals surface area contributed by atoms with E-state index >= 15 is 0 Å². The third kappa shape index (κ3) is 12.8. The number of benzene rings is 1. The number of carbonyl (C=O) groups excluding carboxylic acids is 1. The van der Waals surface area contributed by atoms with Crippen LogP contribution in [0.25, 0.3) is 0 Å². The molecule has 0 bridgehead atoms. The highest BCUT2D eigenvalue weighted by molar-refractivity contribution is 7.86. The first-order valence-corrected chi connectivity index (χ1v) is 13.8. The number of hydrogen-bond donors (Lipinski definition) is 3. The molecule has 0 heterocycles. The van der Waals surface area contributed by atoms with Gasteiger partial charge in [-0.1, -0.05) is 0 Å². The van der Waals surface area contributed by atoms with Crippen LogP contribution in [0.15, 0.2) is 12.1 Å². The Morgan fingerprint density at radius 1 is 0.656 bits per heavy atom. The van der Waals surface area contributed by atoms with Gasteiger partial charge in [0.2, 0.25) is 12.0 Å². The van der Waals surface area contributed by atoms with E-state index in [1.54, 1.807) is 6.29 Å². The van der Waals surface area contributed by atoms with E-state index < -0.39 is 47.6 Å². The van der Waals surface area contributed by atoms with Crippen LogP contribution in [0, 0.1) is 0 Å². The van der Waals surface area contributed by atoms with Crippen molar-refractivity contribution in [1.82, 2.24) is 0 Å². The first-order valence-electron chi connectivity index (χ1n) is 9.00. The summed E-state index contributed by atoms with van der Waals surface area (Å²) >= 11 is 0. The average molecular weight is 520 g/mol. The Kier molecular flexibility index (Phi) is 10.8. The minimum absolute atomic E-state index is 0.0511. The van der Waals surface area contributed by atoms with Crippen LogP contribution in [0.5, 0.6) is 17.2 Å². The van der Waals surface area contributed by atoms with Crippen LogP contribution in [0.4, 0.5) is 0 Å². The highest BCUT2D eigenvalue weighted by Gasteiger charge is 2.17. The van der Waals surface area contributed by atoms with Gasteiger partial charge in [-0.05, 0) is 31.4 Å². The summed E-state index contributed by atoms with van der Waals surface area (Å²) in [4.78, 5) is 11.1. The molecule has 0 unspecified atom stereocenters. The fourth-order valence-electron chi connectivity index (χ4n) is 2.25. The molecule has 183 valence electrons. The fourth-order valence-corrected chi connectivity index (χ4v) is 3.70. The molecule has 32 heavy (non-hydrogen) atoms. The molecule has 3 N–H and O–H groups in total. The summed E-state index contributed by atoms with van der Waals surface area (Å²) in [5.41, 5.74) is -0.0511. The third-order valence-electron chi connectivity index (χ3n) is 3.54. The SMILES string of the molecule is O=[C]c1cc(OCCCS(=O)(=O)O)c(OCCCS(=O)(=O)O)c(OCCCS(=O)(=O)O)c1. The standard InChI is InChI=1S/C16H23O13S3/c17-12-13-10-14(27-4-1-7-30(18,19)20)16(29-6-3-9-32(24,25)26)15(11-13)28-5-2-8-31(21,22)23/h10-11H,1-9H2,(H,18,19,20)(H,21,22,23)(H,24,25,26). The van der Waals surface area contributed by atoms with Gasteiger partial charge in [0.15, 0.2) is 11.5 Å². The van der Waals surface area contributed by atoms with Gasteiger partial charge in [-0.25, -0.2) is 0 Å². The van der Waals surface area contributed by atoms with E-state index in [1.807, 2.05) is 0 Å². The van der Waals surface area contributed by atoms with Crippen molar-refractivity contribution in [2.45, 2.75) is 19.3 Å². The zero-order valence-electron chi connectivity index (χ0n) is 16.7. The molecule has 0 saturated heterocycles. The van der Waals surface area contributed by atoms with Gasteiger partial charge in [0.05, 0.1) is 37.1 Å². The van der Waals surface area contributed by atoms with Crippen LogP contribution in [-0.4, -0.2) is 82.3 Å². The van der Waals surface area contributed by atoms with E-state index in [1.165, 1.54) is 12.1 Å². The lowest BCUT2D eigenvalue weighted by Gasteiger charge is -2.17. The van der Waals surface area contributed by atoms with Gasteiger partial charge >= 0.3 is 0 Å². The normalized spacial score (nSPS) is 12.3. The summed E-state index contributed by atoms with van der Waals surface area (Å²) in [6.07, 6.45) is 1.26. The Labute approximate surface area is 185 Å². The van der Waals surface area contributed by atoms with Gasteiger partial charge in [0.1, 0.15) is 0 Å². The third-order valence-corrected chi connectivity index (χ3v) is 5.95. The second kappa shape index (κ2) is 12.3. The molecular weight excluding hydrogens is 496 g/mol. The van der Waals surface area contributed by atoms with Gasteiger partial charge in [-0.3, -0.25) is 18.5 Å². The van der Waals surface area contributed by atoms with Crippen LogP contribution >= 0.6 is 0 Å². The van der Waals surface area contributed by atoms with E-state index in [2.05, 4.69) is 0 Å². The summed E-state index contributed by atoms with van der Waals surface area (Å²) < 4.78 is 108. The minimum Gasteiger partial charge on any atom is -0.489 e. The lowest BCUT2D eigenvalue weighted by atomic mass is 10.2. The largest absolute Gasteiger partial charge is 0.489 e. The maximum atomic E-state index is 11.1. The predicted octanol–water partition coefficient (Wildman–Crippen LogP) is 0.115. The average Bonchev–Trinajstić information content (AvgIpc) is 2.64. The predicted molar refractivity (Wildman–Crippen MR) is 111 cm³/mol. The van der Waals surface area contributed by atoms with E-state index in [0.29, 0.717) is 0 Å². The summed E-state index contributed by atoms with van der Waals surface area (Å²) in [5, 5.41) is 0. The molecule has 0 aliphatic heterocycles. The quantitative estimate of drug-likeness (QED) is 0.196. The lowest BCUT2D eigenvalue weighted by Crippen LogP contribution is -2.12. The van der Waals surface area contributed by atoms with E-state index in [0.717, 1.165) is 0 Å². The molecule has 0 spiro atoms. The highest BCUT2D eigenvalue weighted by Crippen LogP contribution is 2.39. The summed E-state index contributed by atoms with van der Waals surface area (Å²) in [5.74, 6) is -2.04. The Balaban J connectivity index is 3.03. The van der Waals surface area contributed by atoms with Gasteiger partial charge < -0.3 is 14.2 Å². The van der Waals surface area contributed by atoms with Crippen LogP contribution in [0.1, 0.15) is 24.8 Å². The summed E-state index contributed by atoms with van der Waals surface area (Å²) in [7, 11) is -12.7. The minimum atomic E-state index is -4.23. The van der Waals surface area contributed by atoms with Crippen molar-refractivity contribution >= 4 is 36.6 Å². The molecule has 1 aromatic carbocycles. The molecule has 0 atom stereocenters. The van der Waals surface area contributed by atoms with Gasteiger partial charge in [-0.15, -0.1) is 0 Å². The van der Waals surface area contributed by atoms with Crippen molar-refractivity contribution in [3.05, 3.63) is 17.7 Å². The molecule has 16 heteroatoms. The lowest BCUT2D eigenvalue weighted by molar-refractivity contribution is 0.242.